The molecule has 2 N–H and O–H groups in total. The van der Waals surface area contributed by atoms with Crippen LogP contribution in [-0.4, -0.2) is 74.7 Å². The summed E-state index contributed by atoms with van der Waals surface area (Å²) in [7, 11) is 2.22. The molecule has 1 unspecified atom stereocenters. The van der Waals surface area contributed by atoms with Crippen molar-refractivity contribution < 1.29 is 0 Å². The van der Waals surface area contributed by atoms with Crippen molar-refractivity contribution >= 4 is 17.3 Å². The zero-order valence-electron chi connectivity index (χ0n) is 17.1. The van der Waals surface area contributed by atoms with Gasteiger partial charge in [-0.25, -0.2) is 0 Å². The molecule has 2 heterocycles. The van der Waals surface area contributed by atoms with Crippen molar-refractivity contribution in [2.75, 3.05) is 52.9 Å². The van der Waals surface area contributed by atoms with E-state index in [0.29, 0.717) is 6.04 Å². The van der Waals surface area contributed by atoms with E-state index >= 15 is 0 Å². The van der Waals surface area contributed by atoms with E-state index in [0.717, 1.165) is 38.4 Å². The molecule has 2 rings (SSSR count). The van der Waals surface area contributed by atoms with E-state index in [4.69, 9.17) is 4.99 Å². The first kappa shape index (κ1) is 21.2. The zero-order chi connectivity index (χ0) is 18.8. The molecule has 0 amide bonds. The monoisotopic (exact) mass is 379 g/mol. The van der Waals surface area contributed by atoms with Gasteiger partial charge in [0.1, 0.15) is 0 Å². The quantitative estimate of drug-likeness (QED) is 0.414. The molecule has 0 spiro atoms. The lowest BCUT2D eigenvalue weighted by Gasteiger charge is -2.20. The predicted molar refractivity (Wildman–Crippen MR) is 115 cm³/mol. The number of aliphatic imine (C=N–C) groups is 1. The lowest BCUT2D eigenvalue weighted by Crippen LogP contribution is -2.43. The molecule has 26 heavy (non-hydrogen) atoms. The molecular weight excluding hydrogens is 342 g/mol. The molecule has 5 nitrogen and oxygen atoms in total. The summed E-state index contributed by atoms with van der Waals surface area (Å²) < 4.78 is 0. The molecule has 1 saturated heterocycles. The molecule has 1 atom stereocenters. The maximum absolute atomic E-state index is 4.78. The van der Waals surface area contributed by atoms with Crippen LogP contribution < -0.4 is 10.6 Å². The van der Waals surface area contributed by atoms with Crippen LogP contribution in [0.2, 0.25) is 0 Å². The molecule has 148 valence electrons. The van der Waals surface area contributed by atoms with Gasteiger partial charge in [0, 0.05) is 48.4 Å². The molecule has 1 aromatic heterocycles. The van der Waals surface area contributed by atoms with Crippen LogP contribution >= 0.6 is 11.3 Å². The van der Waals surface area contributed by atoms with Crippen molar-refractivity contribution in [2.24, 2.45) is 4.99 Å². The Labute approximate surface area is 163 Å². The van der Waals surface area contributed by atoms with Gasteiger partial charge < -0.3 is 20.4 Å². The minimum atomic E-state index is 0.381. The number of nitrogens with one attached hydrogen (secondary N) is 2. The highest BCUT2D eigenvalue weighted by molar-refractivity contribution is 7.11. The molecule has 6 heteroatoms. The van der Waals surface area contributed by atoms with Gasteiger partial charge in [0.25, 0.3) is 0 Å². The number of thiophene rings is 1. The van der Waals surface area contributed by atoms with Gasteiger partial charge in [0.2, 0.25) is 0 Å². The molecule has 0 bridgehead atoms. The number of likely N-dealkylation sites (N-methyl/N-ethyl adjacent to an activating group) is 1. The van der Waals surface area contributed by atoms with Gasteiger partial charge in [-0.3, -0.25) is 4.99 Å². The first-order valence-corrected chi connectivity index (χ1v) is 10.9. The Morgan fingerprint density at radius 2 is 2.12 bits per heavy atom. The topological polar surface area (TPSA) is 42.9 Å². The average Bonchev–Trinajstić information content (AvgIpc) is 2.88. The van der Waals surface area contributed by atoms with Crippen LogP contribution in [0.3, 0.4) is 0 Å². The van der Waals surface area contributed by atoms with E-state index in [1.807, 2.05) is 11.3 Å². The van der Waals surface area contributed by atoms with E-state index in [2.05, 4.69) is 60.4 Å². The fourth-order valence-corrected chi connectivity index (χ4v) is 4.33. The number of nitrogens with zero attached hydrogens (tertiary/aromatic N) is 3. The van der Waals surface area contributed by atoms with Crippen LogP contribution in [0.5, 0.6) is 0 Å². The third-order valence-corrected chi connectivity index (χ3v) is 5.77. The smallest absolute Gasteiger partial charge is 0.191 e. The maximum atomic E-state index is 4.78. The number of hydrogen-bond donors (Lipinski definition) is 2. The summed E-state index contributed by atoms with van der Waals surface area (Å²) in [5.41, 5.74) is 0. The van der Waals surface area contributed by atoms with Crippen LogP contribution in [-0.2, 0) is 6.42 Å². The summed E-state index contributed by atoms with van der Waals surface area (Å²) in [4.78, 5) is 12.6. The molecular formula is C20H37N5S. The van der Waals surface area contributed by atoms with Crippen LogP contribution in [0.25, 0.3) is 0 Å². The second kappa shape index (κ2) is 11.6. The van der Waals surface area contributed by atoms with Crippen LogP contribution in [0, 0.1) is 6.92 Å². The summed E-state index contributed by atoms with van der Waals surface area (Å²) in [6.45, 7) is 14.3. The molecule has 1 aliphatic rings. The van der Waals surface area contributed by atoms with Gasteiger partial charge in [-0.05, 0) is 72.4 Å². The first-order valence-electron chi connectivity index (χ1n) is 10.1. The van der Waals surface area contributed by atoms with E-state index < -0.39 is 0 Å². The lowest BCUT2D eigenvalue weighted by atomic mass is 10.2. The van der Waals surface area contributed by atoms with Crippen molar-refractivity contribution in [3.8, 4) is 0 Å². The third kappa shape index (κ3) is 8.06. The highest BCUT2D eigenvalue weighted by Crippen LogP contribution is 2.16. The summed E-state index contributed by atoms with van der Waals surface area (Å²) in [5.74, 6) is 0.948. The second-order valence-corrected chi connectivity index (χ2v) is 8.75. The Kier molecular flexibility index (Phi) is 9.43. The lowest BCUT2D eigenvalue weighted by molar-refractivity contribution is 0.275. The van der Waals surface area contributed by atoms with Crippen LogP contribution in [0.15, 0.2) is 17.1 Å². The Balaban J connectivity index is 1.72. The Morgan fingerprint density at radius 1 is 1.27 bits per heavy atom. The number of hydrogen-bond acceptors (Lipinski definition) is 4. The average molecular weight is 380 g/mol. The minimum absolute atomic E-state index is 0.381. The largest absolute Gasteiger partial charge is 0.357 e. The van der Waals surface area contributed by atoms with E-state index in [-0.39, 0.29) is 0 Å². The summed E-state index contributed by atoms with van der Waals surface area (Å²) in [6, 6.07) is 4.82. The highest BCUT2D eigenvalue weighted by atomic mass is 32.1. The molecule has 0 radical (unpaired) electrons. The van der Waals surface area contributed by atoms with Gasteiger partial charge >= 0.3 is 0 Å². The molecule has 0 aromatic carbocycles. The fourth-order valence-electron chi connectivity index (χ4n) is 3.31. The molecule has 1 aliphatic heterocycles. The minimum Gasteiger partial charge on any atom is -0.357 e. The van der Waals surface area contributed by atoms with Crippen molar-refractivity contribution in [3.05, 3.63) is 21.9 Å². The summed E-state index contributed by atoms with van der Waals surface area (Å²) >= 11 is 1.89. The third-order valence-electron chi connectivity index (χ3n) is 4.75. The van der Waals surface area contributed by atoms with Crippen molar-refractivity contribution in [1.29, 1.82) is 0 Å². The molecule has 1 aromatic rings. The normalized spacial score (nSPS) is 18.5. The van der Waals surface area contributed by atoms with Crippen molar-refractivity contribution in [3.63, 3.8) is 0 Å². The van der Waals surface area contributed by atoms with E-state index in [1.165, 1.54) is 42.4 Å². The van der Waals surface area contributed by atoms with Crippen LogP contribution in [0.4, 0.5) is 0 Å². The Bertz CT molecular complexity index is 542. The van der Waals surface area contributed by atoms with Gasteiger partial charge in [-0.2, -0.15) is 0 Å². The van der Waals surface area contributed by atoms with Gasteiger partial charge in [-0.15, -0.1) is 11.3 Å². The Morgan fingerprint density at radius 3 is 2.85 bits per heavy atom. The number of guanidine groups is 1. The number of rotatable bonds is 8. The first-order chi connectivity index (χ1) is 12.6. The van der Waals surface area contributed by atoms with Gasteiger partial charge in [0.05, 0.1) is 0 Å². The van der Waals surface area contributed by atoms with Gasteiger partial charge in [0.15, 0.2) is 5.96 Å². The van der Waals surface area contributed by atoms with E-state index in [9.17, 15) is 0 Å². The molecule has 1 fully saturated rings. The number of aryl methyl sites for hydroxylation is 1. The van der Waals surface area contributed by atoms with Crippen LogP contribution in [0.1, 0.15) is 36.4 Å². The predicted octanol–water partition coefficient (Wildman–Crippen LogP) is 2.57. The second-order valence-electron chi connectivity index (χ2n) is 7.37. The summed E-state index contributed by atoms with van der Waals surface area (Å²) in [6.07, 6.45) is 3.45. The maximum Gasteiger partial charge on any atom is 0.191 e. The zero-order valence-corrected chi connectivity index (χ0v) is 17.9. The highest BCUT2D eigenvalue weighted by Gasteiger charge is 2.11. The van der Waals surface area contributed by atoms with Gasteiger partial charge in [-0.1, -0.05) is 0 Å². The van der Waals surface area contributed by atoms with Crippen molar-refractivity contribution in [2.45, 2.75) is 46.1 Å². The fraction of sp³-hybridized carbons (Fsp3) is 0.750. The molecule has 0 saturated carbocycles. The van der Waals surface area contributed by atoms with E-state index in [1.54, 1.807) is 0 Å². The Hall–Kier alpha value is -1.11. The standard InChI is InChI=1S/C20H37N5S/c1-5-21-20(23-17(2)16-19-9-8-18(3)26-19)22-10-6-12-25-13-7-11-24(4)14-15-25/h8-9,17H,5-7,10-16H2,1-4H3,(H2,21,22,23). The van der Waals surface area contributed by atoms with Crippen molar-refractivity contribution in [1.82, 2.24) is 20.4 Å². The SMILES string of the molecule is CCNC(=NCCCN1CCCN(C)CC1)NC(C)Cc1ccc(C)s1. The molecule has 0 aliphatic carbocycles. The summed E-state index contributed by atoms with van der Waals surface area (Å²) in [5, 5.41) is 6.94.